The van der Waals surface area contributed by atoms with Crippen LogP contribution < -0.4 is 5.32 Å². The Morgan fingerprint density at radius 1 is 1.29 bits per heavy atom. The van der Waals surface area contributed by atoms with Gasteiger partial charge < -0.3 is 9.73 Å². The van der Waals surface area contributed by atoms with E-state index in [2.05, 4.69) is 10.3 Å². The van der Waals surface area contributed by atoms with Gasteiger partial charge >= 0.3 is 6.18 Å². The number of nitrogens with zero attached hydrogens (tertiary/aromatic N) is 1. The van der Waals surface area contributed by atoms with Crippen LogP contribution in [0.2, 0.25) is 5.02 Å². The van der Waals surface area contributed by atoms with E-state index in [1.165, 1.54) is 18.3 Å². The minimum atomic E-state index is -4.47. The molecule has 148 valence electrons. The van der Waals surface area contributed by atoms with Crippen LogP contribution in [-0.4, -0.2) is 10.9 Å². The Labute approximate surface area is 168 Å². The maximum absolute atomic E-state index is 13.2. The van der Waals surface area contributed by atoms with E-state index in [0.717, 1.165) is 23.2 Å². The fourth-order valence-corrected chi connectivity index (χ4v) is 3.70. The fraction of sp³-hybridized carbons (Fsp3) is 0.263. The minimum absolute atomic E-state index is 0.0224. The first-order valence-corrected chi connectivity index (χ1v) is 9.55. The van der Waals surface area contributed by atoms with Crippen LogP contribution in [-0.2, 0) is 23.8 Å². The molecule has 0 aliphatic carbocycles. The smallest absolute Gasteiger partial charge is 0.416 e. The van der Waals surface area contributed by atoms with Crippen molar-refractivity contribution in [1.82, 2.24) is 4.98 Å². The third-order valence-electron chi connectivity index (χ3n) is 3.93. The van der Waals surface area contributed by atoms with Crippen molar-refractivity contribution in [2.45, 2.75) is 32.4 Å². The molecule has 0 bridgehead atoms. The van der Waals surface area contributed by atoms with Crippen LogP contribution in [0.4, 0.5) is 18.3 Å². The van der Waals surface area contributed by atoms with Crippen LogP contribution in [0.15, 0.2) is 40.9 Å². The quantitative estimate of drug-likeness (QED) is 0.533. The summed E-state index contributed by atoms with van der Waals surface area (Å²) in [5, 5.41) is 3.23. The molecule has 9 heteroatoms. The number of rotatable bonds is 6. The van der Waals surface area contributed by atoms with Crippen LogP contribution in [0.1, 0.15) is 33.9 Å². The van der Waals surface area contributed by atoms with Gasteiger partial charge in [0.1, 0.15) is 11.5 Å². The first-order valence-electron chi connectivity index (χ1n) is 8.36. The summed E-state index contributed by atoms with van der Waals surface area (Å²) in [6, 6.07) is 7.12. The Kier molecular flexibility index (Phi) is 6.10. The van der Waals surface area contributed by atoms with Gasteiger partial charge in [-0.05, 0) is 42.8 Å². The van der Waals surface area contributed by atoms with Crippen LogP contribution in [0.3, 0.4) is 0 Å². The first-order chi connectivity index (χ1) is 13.2. The molecule has 0 unspecified atom stereocenters. The first kappa shape index (κ1) is 20.4. The molecule has 0 saturated heterocycles. The van der Waals surface area contributed by atoms with E-state index in [1.807, 2.05) is 19.1 Å². The molecule has 2 aromatic heterocycles. The molecule has 0 fully saturated rings. The highest BCUT2D eigenvalue weighted by Crippen LogP contribution is 2.35. The van der Waals surface area contributed by atoms with Crippen LogP contribution in [0.25, 0.3) is 0 Å². The second-order valence-corrected chi connectivity index (χ2v) is 7.72. The number of carbonyl (C=O) groups is 1. The Balaban J connectivity index is 1.63. The number of hydrogen-bond acceptors (Lipinski definition) is 4. The Bertz CT molecular complexity index is 982. The molecular formula is C19H16ClF3N2O2S. The lowest BCUT2D eigenvalue weighted by Gasteiger charge is -2.12. The van der Waals surface area contributed by atoms with Gasteiger partial charge in [0.2, 0.25) is 5.91 Å². The van der Waals surface area contributed by atoms with Crippen molar-refractivity contribution in [2.24, 2.45) is 0 Å². The van der Waals surface area contributed by atoms with Gasteiger partial charge in [0.15, 0.2) is 5.13 Å². The normalized spacial score (nSPS) is 11.6. The summed E-state index contributed by atoms with van der Waals surface area (Å²) in [5.74, 6) is 1.25. The lowest BCUT2D eigenvalue weighted by molar-refractivity contribution is -0.138. The van der Waals surface area contributed by atoms with Crippen LogP contribution in [0, 0.1) is 6.92 Å². The predicted octanol–water partition coefficient (Wildman–Crippen LogP) is 5.88. The molecule has 0 aliphatic rings. The van der Waals surface area contributed by atoms with Gasteiger partial charge in [-0.25, -0.2) is 4.98 Å². The number of halogens is 4. The largest absolute Gasteiger partial charge is 0.466 e. The SMILES string of the molecule is Cc1ccc(CCC(=O)Nc2ncc(Cc3cc(Cl)ccc3C(F)(F)F)s2)o1. The number of aryl methyl sites for hydroxylation is 2. The number of alkyl halides is 3. The number of thiazole rings is 1. The summed E-state index contributed by atoms with van der Waals surface area (Å²) >= 11 is 6.98. The molecule has 1 amide bonds. The predicted molar refractivity (Wildman–Crippen MR) is 102 cm³/mol. The zero-order valence-corrected chi connectivity index (χ0v) is 16.3. The van der Waals surface area contributed by atoms with E-state index in [1.54, 1.807) is 0 Å². The maximum Gasteiger partial charge on any atom is 0.416 e. The molecule has 0 spiro atoms. The van der Waals surface area contributed by atoms with Crippen molar-refractivity contribution in [3.05, 3.63) is 69.1 Å². The second kappa shape index (κ2) is 8.36. The Morgan fingerprint density at radius 3 is 2.75 bits per heavy atom. The van der Waals surface area contributed by atoms with E-state index in [0.29, 0.717) is 22.2 Å². The van der Waals surface area contributed by atoms with Crippen LogP contribution in [0.5, 0.6) is 0 Å². The van der Waals surface area contributed by atoms with Crippen molar-refractivity contribution < 1.29 is 22.4 Å². The molecule has 4 nitrogen and oxygen atoms in total. The minimum Gasteiger partial charge on any atom is -0.466 e. The van der Waals surface area contributed by atoms with Gasteiger partial charge in [0, 0.05) is 35.4 Å². The summed E-state index contributed by atoms with van der Waals surface area (Å²) in [6.45, 7) is 1.82. The molecule has 0 saturated carbocycles. The van der Waals surface area contributed by atoms with E-state index >= 15 is 0 Å². The lowest BCUT2D eigenvalue weighted by atomic mass is 10.0. The highest BCUT2D eigenvalue weighted by atomic mass is 35.5. The third-order valence-corrected chi connectivity index (χ3v) is 5.08. The molecule has 0 aliphatic heterocycles. The highest BCUT2D eigenvalue weighted by molar-refractivity contribution is 7.15. The molecule has 28 heavy (non-hydrogen) atoms. The molecule has 1 aromatic carbocycles. The van der Waals surface area contributed by atoms with Crippen LogP contribution >= 0.6 is 22.9 Å². The summed E-state index contributed by atoms with van der Waals surface area (Å²) in [4.78, 5) is 16.7. The van der Waals surface area contributed by atoms with Gasteiger partial charge in [-0.1, -0.05) is 11.6 Å². The second-order valence-electron chi connectivity index (χ2n) is 6.17. The number of furan rings is 1. The van der Waals surface area contributed by atoms with Crippen molar-refractivity contribution in [2.75, 3.05) is 5.32 Å². The lowest BCUT2D eigenvalue weighted by Crippen LogP contribution is -2.11. The summed E-state index contributed by atoms with van der Waals surface area (Å²) in [5.41, 5.74) is -0.667. The van der Waals surface area contributed by atoms with Gasteiger partial charge in [0.05, 0.1) is 5.56 Å². The number of nitrogens with one attached hydrogen (secondary N) is 1. The maximum atomic E-state index is 13.2. The van der Waals surface area contributed by atoms with Crippen molar-refractivity contribution in [3.63, 3.8) is 0 Å². The number of carbonyl (C=O) groups excluding carboxylic acids is 1. The van der Waals surface area contributed by atoms with Crippen molar-refractivity contribution in [1.29, 1.82) is 0 Å². The monoisotopic (exact) mass is 428 g/mol. The van der Waals surface area contributed by atoms with Crippen molar-refractivity contribution in [3.8, 4) is 0 Å². The van der Waals surface area contributed by atoms with Gasteiger partial charge in [-0.2, -0.15) is 13.2 Å². The Hall–Kier alpha value is -2.32. The average molecular weight is 429 g/mol. The zero-order valence-electron chi connectivity index (χ0n) is 14.8. The average Bonchev–Trinajstić information content (AvgIpc) is 3.21. The fourth-order valence-electron chi connectivity index (χ4n) is 2.66. The summed E-state index contributed by atoms with van der Waals surface area (Å²) < 4.78 is 44.9. The molecule has 3 aromatic rings. The topological polar surface area (TPSA) is 55.1 Å². The van der Waals surface area contributed by atoms with E-state index in [4.69, 9.17) is 16.0 Å². The Morgan fingerprint density at radius 2 is 2.07 bits per heavy atom. The van der Waals surface area contributed by atoms with E-state index in [-0.39, 0.29) is 29.3 Å². The van der Waals surface area contributed by atoms with E-state index < -0.39 is 11.7 Å². The number of anilines is 1. The molecule has 2 heterocycles. The number of aromatic nitrogens is 1. The molecule has 1 N–H and O–H groups in total. The third kappa shape index (κ3) is 5.36. The van der Waals surface area contributed by atoms with Gasteiger partial charge in [-0.15, -0.1) is 11.3 Å². The van der Waals surface area contributed by atoms with Gasteiger partial charge in [0.25, 0.3) is 0 Å². The number of amides is 1. The zero-order chi connectivity index (χ0) is 20.3. The molecule has 3 rings (SSSR count). The molecule has 0 atom stereocenters. The number of hydrogen-bond donors (Lipinski definition) is 1. The van der Waals surface area contributed by atoms with E-state index in [9.17, 15) is 18.0 Å². The van der Waals surface area contributed by atoms with Crippen molar-refractivity contribution >= 4 is 34.0 Å². The molecule has 0 radical (unpaired) electrons. The summed E-state index contributed by atoms with van der Waals surface area (Å²) in [6.07, 6.45) is -2.32. The highest BCUT2D eigenvalue weighted by Gasteiger charge is 2.33. The summed E-state index contributed by atoms with van der Waals surface area (Å²) in [7, 11) is 0. The molecular weight excluding hydrogens is 413 g/mol. The standard InChI is InChI=1S/C19H16ClF3N2O2S/c1-11-2-4-14(27-11)5-7-17(26)25-18-24-10-15(28-18)9-12-8-13(20)3-6-16(12)19(21,22)23/h2-4,6,8,10H,5,7,9H2,1H3,(H,24,25,26). The number of benzene rings is 1. The van der Waals surface area contributed by atoms with Gasteiger partial charge in [-0.3, -0.25) is 4.79 Å².